The largest absolute Gasteiger partial charge is 0.399 e. The predicted octanol–water partition coefficient (Wildman–Crippen LogP) is 1.77. The quantitative estimate of drug-likeness (QED) is 0.698. The van der Waals surface area contributed by atoms with Crippen molar-refractivity contribution >= 4 is 17.3 Å². The first-order chi connectivity index (χ1) is 10.1. The molecule has 21 heavy (non-hydrogen) atoms. The lowest BCUT2D eigenvalue weighted by molar-refractivity contribution is 0.0964. The fourth-order valence-electron chi connectivity index (χ4n) is 2.80. The highest BCUT2D eigenvalue weighted by molar-refractivity contribution is 6.00. The summed E-state index contributed by atoms with van der Waals surface area (Å²) in [6, 6.07) is 5.35. The lowest BCUT2D eigenvalue weighted by Crippen LogP contribution is -2.29. The van der Waals surface area contributed by atoms with Gasteiger partial charge in [0.15, 0.2) is 0 Å². The maximum absolute atomic E-state index is 11.9. The second kappa shape index (κ2) is 7.31. The third-order valence-electron chi connectivity index (χ3n) is 3.92. The van der Waals surface area contributed by atoms with Crippen LogP contribution in [0, 0.1) is 5.92 Å². The van der Waals surface area contributed by atoms with Crippen LogP contribution in [0.1, 0.15) is 30.1 Å². The van der Waals surface area contributed by atoms with Crippen molar-refractivity contribution in [3.8, 4) is 0 Å². The number of nitrogen functional groups attached to an aromatic ring is 1. The van der Waals surface area contributed by atoms with Gasteiger partial charge in [0.05, 0.1) is 5.56 Å². The molecule has 0 aromatic heterocycles. The molecule has 0 saturated carbocycles. The molecule has 1 aromatic carbocycles. The van der Waals surface area contributed by atoms with Gasteiger partial charge in [-0.3, -0.25) is 4.79 Å². The Balaban J connectivity index is 1.94. The number of carbonyl (C=O) groups is 1. The monoisotopic (exact) mass is 290 g/mol. The third-order valence-corrected chi connectivity index (χ3v) is 3.92. The van der Waals surface area contributed by atoms with Gasteiger partial charge in [0.25, 0.3) is 5.91 Å². The van der Waals surface area contributed by atoms with Crippen LogP contribution >= 0.6 is 0 Å². The first kappa shape index (κ1) is 15.6. The van der Waals surface area contributed by atoms with Crippen LogP contribution in [0.5, 0.6) is 0 Å². The van der Waals surface area contributed by atoms with Gasteiger partial charge in [-0.25, -0.2) is 0 Å². The van der Waals surface area contributed by atoms with Crippen LogP contribution in [-0.4, -0.2) is 44.0 Å². The van der Waals surface area contributed by atoms with E-state index in [0.717, 1.165) is 18.8 Å². The lowest BCUT2D eigenvalue weighted by atomic mass is 10.1. The van der Waals surface area contributed by atoms with Gasteiger partial charge >= 0.3 is 0 Å². The summed E-state index contributed by atoms with van der Waals surface area (Å²) in [5.41, 5.74) is 7.94. The third kappa shape index (κ3) is 4.36. The highest BCUT2D eigenvalue weighted by atomic mass is 16.1. The topological polar surface area (TPSA) is 70.4 Å². The van der Waals surface area contributed by atoms with E-state index in [1.807, 2.05) is 6.07 Å². The summed E-state index contributed by atoms with van der Waals surface area (Å²) in [7, 11) is 1.64. The van der Waals surface area contributed by atoms with Crippen molar-refractivity contribution in [3.05, 3.63) is 23.8 Å². The summed E-state index contributed by atoms with van der Waals surface area (Å²) in [6.45, 7) is 6.60. The highest BCUT2D eigenvalue weighted by Gasteiger charge is 2.15. The van der Waals surface area contributed by atoms with Crippen LogP contribution in [0.4, 0.5) is 11.4 Å². The Morgan fingerprint density at radius 1 is 1.38 bits per heavy atom. The fraction of sp³-hybridized carbons (Fsp3) is 0.562. The van der Waals surface area contributed by atoms with Gasteiger partial charge in [-0.05, 0) is 50.0 Å². The SMILES string of the molecule is CNC(=O)c1ccc(N)cc1NCC(C)CN1CCCC1. The molecule has 0 bridgehead atoms. The minimum Gasteiger partial charge on any atom is -0.399 e. The van der Waals surface area contributed by atoms with E-state index in [1.54, 1.807) is 19.2 Å². The summed E-state index contributed by atoms with van der Waals surface area (Å²) in [6.07, 6.45) is 2.63. The molecule has 0 radical (unpaired) electrons. The molecular weight excluding hydrogens is 264 g/mol. The zero-order valence-electron chi connectivity index (χ0n) is 13.0. The number of amides is 1. The van der Waals surface area contributed by atoms with Gasteiger partial charge in [-0.2, -0.15) is 0 Å². The van der Waals surface area contributed by atoms with Crippen molar-refractivity contribution in [2.24, 2.45) is 5.92 Å². The molecule has 1 heterocycles. The van der Waals surface area contributed by atoms with Gasteiger partial charge in [-0.1, -0.05) is 6.92 Å². The normalized spacial score (nSPS) is 16.7. The average molecular weight is 290 g/mol. The van der Waals surface area contributed by atoms with E-state index in [2.05, 4.69) is 22.5 Å². The molecule has 4 N–H and O–H groups in total. The van der Waals surface area contributed by atoms with Crippen LogP contribution in [0.25, 0.3) is 0 Å². The Bertz CT molecular complexity index is 483. The molecule has 116 valence electrons. The van der Waals surface area contributed by atoms with Crippen LogP contribution in [-0.2, 0) is 0 Å². The molecule has 1 aliphatic rings. The number of hydrogen-bond donors (Lipinski definition) is 3. The fourth-order valence-corrected chi connectivity index (χ4v) is 2.80. The average Bonchev–Trinajstić information content (AvgIpc) is 2.97. The Hall–Kier alpha value is -1.75. The molecular formula is C16H26N4O. The van der Waals surface area contributed by atoms with E-state index >= 15 is 0 Å². The Labute approximate surface area is 126 Å². The van der Waals surface area contributed by atoms with E-state index in [4.69, 9.17) is 5.73 Å². The molecule has 1 amide bonds. The molecule has 1 saturated heterocycles. The number of nitrogens with one attached hydrogen (secondary N) is 2. The minimum atomic E-state index is -0.0929. The molecule has 1 aliphatic heterocycles. The summed E-state index contributed by atoms with van der Waals surface area (Å²) in [5.74, 6) is 0.437. The van der Waals surface area contributed by atoms with Crippen molar-refractivity contribution in [2.45, 2.75) is 19.8 Å². The van der Waals surface area contributed by atoms with Gasteiger partial charge in [0.1, 0.15) is 0 Å². The van der Waals surface area contributed by atoms with Crippen LogP contribution in [0.2, 0.25) is 0 Å². The van der Waals surface area contributed by atoms with Crippen LogP contribution in [0.3, 0.4) is 0 Å². The number of carbonyl (C=O) groups excluding carboxylic acids is 1. The first-order valence-corrected chi connectivity index (χ1v) is 7.68. The summed E-state index contributed by atoms with van der Waals surface area (Å²) in [4.78, 5) is 14.4. The van der Waals surface area contributed by atoms with Gasteiger partial charge in [0, 0.05) is 31.5 Å². The standard InChI is InChI=1S/C16H26N4O/c1-12(11-20-7-3-4-8-20)10-19-15-9-13(17)5-6-14(15)16(21)18-2/h5-6,9,12,19H,3-4,7-8,10-11,17H2,1-2H3,(H,18,21). The predicted molar refractivity (Wildman–Crippen MR) is 87.6 cm³/mol. The van der Waals surface area contributed by atoms with Crippen molar-refractivity contribution in [3.63, 3.8) is 0 Å². The van der Waals surface area contributed by atoms with E-state index in [1.165, 1.54) is 25.9 Å². The number of nitrogens with zero attached hydrogens (tertiary/aromatic N) is 1. The van der Waals surface area contributed by atoms with Crippen molar-refractivity contribution in [1.82, 2.24) is 10.2 Å². The van der Waals surface area contributed by atoms with E-state index in [0.29, 0.717) is 17.2 Å². The molecule has 1 aromatic rings. The smallest absolute Gasteiger partial charge is 0.253 e. The second-order valence-electron chi connectivity index (χ2n) is 5.88. The van der Waals surface area contributed by atoms with Gasteiger partial charge < -0.3 is 21.3 Å². The zero-order valence-corrected chi connectivity index (χ0v) is 13.0. The molecule has 1 atom stereocenters. The zero-order chi connectivity index (χ0) is 15.2. The number of benzene rings is 1. The van der Waals surface area contributed by atoms with Crippen molar-refractivity contribution < 1.29 is 4.79 Å². The van der Waals surface area contributed by atoms with Crippen molar-refractivity contribution in [2.75, 3.05) is 44.3 Å². The minimum absolute atomic E-state index is 0.0929. The summed E-state index contributed by atoms with van der Waals surface area (Å²) < 4.78 is 0. The molecule has 1 unspecified atom stereocenters. The molecule has 5 nitrogen and oxygen atoms in total. The maximum atomic E-state index is 11.9. The molecule has 2 rings (SSSR count). The number of hydrogen-bond acceptors (Lipinski definition) is 4. The summed E-state index contributed by atoms with van der Waals surface area (Å²) in [5, 5.41) is 6.04. The Kier molecular flexibility index (Phi) is 5.44. The summed E-state index contributed by atoms with van der Waals surface area (Å²) >= 11 is 0. The van der Waals surface area contributed by atoms with Crippen LogP contribution < -0.4 is 16.4 Å². The first-order valence-electron chi connectivity index (χ1n) is 7.68. The van der Waals surface area contributed by atoms with E-state index in [9.17, 15) is 4.79 Å². The second-order valence-corrected chi connectivity index (χ2v) is 5.88. The van der Waals surface area contributed by atoms with Gasteiger partial charge in [-0.15, -0.1) is 0 Å². The van der Waals surface area contributed by atoms with Crippen molar-refractivity contribution in [1.29, 1.82) is 0 Å². The molecule has 0 spiro atoms. The molecule has 5 heteroatoms. The number of likely N-dealkylation sites (tertiary alicyclic amines) is 1. The number of rotatable bonds is 6. The highest BCUT2D eigenvalue weighted by Crippen LogP contribution is 2.20. The van der Waals surface area contributed by atoms with E-state index in [-0.39, 0.29) is 5.91 Å². The van der Waals surface area contributed by atoms with E-state index < -0.39 is 0 Å². The van der Waals surface area contributed by atoms with Crippen LogP contribution in [0.15, 0.2) is 18.2 Å². The maximum Gasteiger partial charge on any atom is 0.253 e. The molecule has 1 fully saturated rings. The number of anilines is 2. The number of nitrogens with two attached hydrogens (primary N) is 1. The Morgan fingerprint density at radius 2 is 2.10 bits per heavy atom. The lowest BCUT2D eigenvalue weighted by Gasteiger charge is -2.21. The molecule has 0 aliphatic carbocycles. The Morgan fingerprint density at radius 3 is 2.76 bits per heavy atom. The van der Waals surface area contributed by atoms with Gasteiger partial charge in [0.2, 0.25) is 0 Å².